The van der Waals surface area contributed by atoms with E-state index in [-0.39, 0.29) is 39.0 Å². The number of aliphatic hydroxyl groups is 1. The Bertz CT molecular complexity index is 632. The summed E-state index contributed by atoms with van der Waals surface area (Å²) in [6.07, 6.45) is 0.156. The lowest BCUT2D eigenvalue weighted by molar-refractivity contribution is -0.152. The van der Waals surface area contributed by atoms with Crippen molar-refractivity contribution in [3.63, 3.8) is 0 Å². The maximum Gasteiger partial charge on any atom is 0.328 e. The lowest BCUT2D eigenvalue weighted by Crippen LogP contribution is -2.72. The van der Waals surface area contributed by atoms with Gasteiger partial charge in [0.1, 0.15) is 5.41 Å². The predicted octanol–water partition coefficient (Wildman–Crippen LogP) is -3.62. The zero-order valence-electron chi connectivity index (χ0n) is 15.5. The van der Waals surface area contributed by atoms with Crippen LogP contribution in [0.1, 0.15) is 19.3 Å². The summed E-state index contributed by atoms with van der Waals surface area (Å²) in [5.74, 6) is -2.57. The van der Waals surface area contributed by atoms with Gasteiger partial charge in [-0.25, -0.2) is 4.79 Å². The summed E-state index contributed by atoms with van der Waals surface area (Å²) in [4.78, 5) is 61.6. The van der Waals surface area contributed by atoms with Gasteiger partial charge in [0.05, 0.1) is 13.2 Å². The summed E-state index contributed by atoms with van der Waals surface area (Å²) in [6, 6.07) is -1.49. The molecule has 2 aliphatic rings. The van der Waals surface area contributed by atoms with Crippen LogP contribution in [-0.4, -0.2) is 85.0 Å². The molecule has 2 rings (SSSR count). The Kier molecular flexibility index (Phi) is 7.43. The van der Waals surface area contributed by atoms with Gasteiger partial charge in [-0.2, -0.15) is 0 Å². The molecule has 1 atom stereocenters. The molecular formula is C16H26N6O6. The summed E-state index contributed by atoms with van der Waals surface area (Å²) in [7, 11) is 0. The average Bonchev–Trinajstić information content (AvgIpc) is 2.63. The van der Waals surface area contributed by atoms with E-state index in [2.05, 4.69) is 21.3 Å². The van der Waals surface area contributed by atoms with E-state index in [9.17, 15) is 29.1 Å². The molecule has 0 bridgehead atoms. The van der Waals surface area contributed by atoms with Crippen molar-refractivity contribution >= 4 is 29.7 Å². The van der Waals surface area contributed by atoms with E-state index in [0.717, 1.165) is 0 Å². The zero-order valence-corrected chi connectivity index (χ0v) is 15.5. The van der Waals surface area contributed by atoms with Gasteiger partial charge in [0.25, 0.3) is 0 Å². The Labute approximate surface area is 161 Å². The minimum absolute atomic E-state index is 0.0101. The number of carbonyl (C=O) groups is 5. The van der Waals surface area contributed by atoms with E-state index < -0.39 is 41.1 Å². The fourth-order valence-corrected chi connectivity index (χ4v) is 3.69. The van der Waals surface area contributed by atoms with Gasteiger partial charge in [0.2, 0.25) is 23.6 Å². The zero-order chi connectivity index (χ0) is 20.7. The Balaban J connectivity index is 2.18. The average molecular weight is 398 g/mol. The van der Waals surface area contributed by atoms with Crippen LogP contribution in [0.25, 0.3) is 0 Å². The summed E-state index contributed by atoms with van der Waals surface area (Å²) in [6.45, 7) is 1.27. The molecule has 1 unspecified atom stereocenters. The van der Waals surface area contributed by atoms with Crippen molar-refractivity contribution in [1.29, 1.82) is 0 Å². The number of urea groups is 1. The molecule has 2 fully saturated rings. The standard InChI is InChI=1S/C16H26N6O6/c17-11(24)9-19-12(25)2-1-3-16(13(26)20-15(28)21-14(16)27)10-8-18-4-5-22(10)6-7-23/h10,18,23H,1-9H2,(H2,17,24)(H,19,25)(H2,20,21,26,27,28). The van der Waals surface area contributed by atoms with Gasteiger partial charge in [-0.1, -0.05) is 0 Å². The molecule has 0 saturated carbocycles. The molecule has 0 radical (unpaired) electrons. The topological polar surface area (TPSA) is 183 Å². The number of nitrogens with two attached hydrogens (primary N) is 1. The van der Waals surface area contributed by atoms with Crippen LogP contribution < -0.4 is 27.0 Å². The van der Waals surface area contributed by atoms with Crippen molar-refractivity contribution < 1.29 is 29.1 Å². The normalized spacial score (nSPS) is 22.3. The highest BCUT2D eigenvalue weighted by Crippen LogP contribution is 2.35. The Morgan fingerprint density at radius 2 is 1.93 bits per heavy atom. The van der Waals surface area contributed by atoms with E-state index in [1.807, 2.05) is 4.90 Å². The number of primary amides is 1. The maximum atomic E-state index is 12.8. The third kappa shape index (κ3) is 4.82. The Morgan fingerprint density at radius 3 is 2.54 bits per heavy atom. The number of carbonyl (C=O) groups excluding carboxylic acids is 5. The lowest BCUT2D eigenvalue weighted by Gasteiger charge is -2.47. The largest absolute Gasteiger partial charge is 0.395 e. The van der Waals surface area contributed by atoms with E-state index in [1.165, 1.54) is 0 Å². The van der Waals surface area contributed by atoms with Crippen LogP contribution in [0.5, 0.6) is 0 Å². The first-order chi connectivity index (χ1) is 13.3. The highest BCUT2D eigenvalue weighted by Gasteiger charge is 2.57. The molecule has 2 aliphatic heterocycles. The number of piperazine rings is 1. The van der Waals surface area contributed by atoms with Crippen LogP contribution >= 0.6 is 0 Å². The minimum Gasteiger partial charge on any atom is -0.395 e. The van der Waals surface area contributed by atoms with Crippen molar-refractivity contribution in [3.8, 4) is 0 Å². The second-order valence-electron chi connectivity index (χ2n) is 6.78. The molecule has 0 aromatic heterocycles. The van der Waals surface area contributed by atoms with Crippen LogP contribution in [0, 0.1) is 5.41 Å². The maximum absolute atomic E-state index is 12.8. The smallest absolute Gasteiger partial charge is 0.328 e. The van der Waals surface area contributed by atoms with Crippen molar-refractivity contribution in [2.75, 3.05) is 39.3 Å². The number of barbiturate groups is 1. The molecule has 12 heteroatoms. The molecule has 0 spiro atoms. The number of nitrogens with zero attached hydrogens (tertiary/aromatic N) is 1. The van der Waals surface area contributed by atoms with Gasteiger partial charge >= 0.3 is 6.03 Å². The molecule has 0 aliphatic carbocycles. The number of rotatable bonds is 9. The van der Waals surface area contributed by atoms with Crippen LogP contribution in [0.4, 0.5) is 4.79 Å². The summed E-state index contributed by atoms with van der Waals surface area (Å²) in [5, 5.41) is 19.1. The summed E-state index contributed by atoms with van der Waals surface area (Å²) >= 11 is 0. The molecule has 6 amide bonds. The molecule has 2 heterocycles. The van der Waals surface area contributed by atoms with Gasteiger partial charge in [-0.15, -0.1) is 0 Å². The fourth-order valence-electron chi connectivity index (χ4n) is 3.69. The second-order valence-corrected chi connectivity index (χ2v) is 6.78. The first-order valence-corrected chi connectivity index (χ1v) is 9.08. The molecule has 28 heavy (non-hydrogen) atoms. The third-order valence-electron chi connectivity index (χ3n) is 5.01. The second kappa shape index (κ2) is 9.57. The van der Waals surface area contributed by atoms with Crippen LogP contribution in [0.3, 0.4) is 0 Å². The predicted molar refractivity (Wildman–Crippen MR) is 95.5 cm³/mol. The number of nitrogens with one attached hydrogen (secondary N) is 4. The van der Waals surface area contributed by atoms with E-state index in [1.54, 1.807) is 0 Å². The number of amides is 6. The van der Waals surface area contributed by atoms with Crippen LogP contribution in [-0.2, 0) is 19.2 Å². The Hall–Kier alpha value is -2.57. The van der Waals surface area contributed by atoms with Crippen LogP contribution in [0.2, 0.25) is 0 Å². The quantitative estimate of drug-likeness (QED) is 0.215. The van der Waals surface area contributed by atoms with Crippen molar-refractivity contribution in [2.45, 2.75) is 25.3 Å². The van der Waals surface area contributed by atoms with Crippen molar-refractivity contribution in [2.24, 2.45) is 11.1 Å². The van der Waals surface area contributed by atoms with Crippen LogP contribution in [0.15, 0.2) is 0 Å². The van der Waals surface area contributed by atoms with E-state index in [4.69, 9.17) is 5.73 Å². The number of hydrogen-bond acceptors (Lipinski definition) is 8. The molecule has 12 nitrogen and oxygen atoms in total. The van der Waals surface area contributed by atoms with Crippen molar-refractivity contribution in [3.05, 3.63) is 0 Å². The first-order valence-electron chi connectivity index (χ1n) is 9.08. The first kappa shape index (κ1) is 21.7. The lowest BCUT2D eigenvalue weighted by atomic mass is 9.71. The fraction of sp³-hybridized carbons (Fsp3) is 0.688. The highest BCUT2D eigenvalue weighted by molar-refractivity contribution is 6.19. The number of hydrogen-bond donors (Lipinski definition) is 6. The van der Waals surface area contributed by atoms with E-state index in [0.29, 0.717) is 19.6 Å². The molecular weight excluding hydrogens is 372 g/mol. The third-order valence-corrected chi connectivity index (χ3v) is 5.01. The number of imide groups is 2. The summed E-state index contributed by atoms with van der Waals surface area (Å²) < 4.78 is 0. The van der Waals surface area contributed by atoms with Gasteiger partial charge in [-0.3, -0.25) is 34.7 Å². The van der Waals surface area contributed by atoms with Gasteiger partial charge in [0.15, 0.2) is 0 Å². The molecule has 0 aromatic carbocycles. The molecule has 7 N–H and O–H groups in total. The van der Waals surface area contributed by atoms with Gasteiger partial charge in [0, 0.05) is 38.6 Å². The monoisotopic (exact) mass is 398 g/mol. The number of β-amino-alcohol motifs (C(OH)–C–C–N with tert-alkyl or cyclic N) is 1. The highest BCUT2D eigenvalue weighted by atomic mass is 16.3. The Morgan fingerprint density at radius 1 is 1.25 bits per heavy atom. The van der Waals surface area contributed by atoms with Crippen molar-refractivity contribution in [1.82, 2.24) is 26.2 Å². The van der Waals surface area contributed by atoms with E-state index >= 15 is 0 Å². The SMILES string of the molecule is NC(=O)CNC(=O)CCCC1(C2CNCCN2CCO)C(=O)NC(=O)NC1=O. The molecule has 2 saturated heterocycles. The molecule has 156 valence electrons. The minimum atomic E-state index is -1.60. The van der Waals surface area contributed by atoms with Gasteiger partial charge in [-0.05, 0) is 12.8 Å². The molecule has 0 aromatic rings. The number of aliphatic hydroxyl groups excluding tert-OH is 1. The summed E-state index contributed by atoms with van der Waals surface area (Å²) in [5.41, 5.74) is 3.38. The van der Waals surface area contributed by atoms with Gasteiger partial charge < -0.3 is 21.5 Å².